The van der Waals surface area contributed by atoms with Crippen molar-refractivity contribution >= 4 is 22.6 Å². The lowest BCUT2D eigenvalue weighted by molar-refractivity contribution is -0.150. The Kier molecular flexibility index (Phi) is 5.96. The van der Waals surface area contributed by atoms with Gasteiger partial charge in [-0.2, -0.15) is 0 Å². The van der Waals surface area contributed by atoms with Gasteiger partial charge in [0.1, 0.15) is 0 Å². The average Bonchev–Trinajstić information content (AvgIpc) is 2.91. The van der Waals surface area contributed by atoms with Gasteiger partial charge in [-0.25, -0.2) is 0 Å². The van der Waals surface area contributed by atoms with Crippen molar-refractivity contribution in [2.45, 2.75) is 58.3 Å². The van der Waals surface area contributed by atoms with Crippen LogP contribution in [0.5, 0.6) is 0 Å². The van der Waals surface area contributed by atoms with Crippen molar-refractivity contribution in [2.24, 2.45) is 17.8 Å². The maximum atomic E-state index is 5.99. The molecule has 5 unspecified atom stereocenters. The Balaban J connectivity index is 1.82. The van der Waals surface area contributed by atoms with Crippen molar-refractivity contribution in [3.8, 4) is 0 Å². The Labute approximate surface area is 125 Å². The van der Waals surface area contributed by atoms with Gasteiger partial charge in [0.05, 0.1) is 6.10 Å². The van der Waals surface area contributed by atoms with E-state index in [1.54, 1.807) is 0 Å². The Hall–Kier alpha value is 0.390. The van der Waals surface area contributed by atoms with E-state index in [1.165, 1.54) is 32.1 Å². The molecule has 0 saturated heterocycles. The zero-order chi connectivity index (χ0) is 13.0. The number of hydrogen-bond donors (Lipinski definition) is 0. The number of hydrogen-bond acceptors (Lipinski definition) is 2. The molecule has 0 radical (unpaired) electrons. The Morgan fingerprint density at radius 2 is 2.17 bits per heavy atom. The van der Waals surface area contributed by atoms with Gasteiger partial charge in [-0.3, -0.25) is 0 Å². The molecular formula is C15H25IO2. The second-order valence-electron chi connectivity index (χ2n) is 5.69. The third-order valence-corrected chi connectivity index (χ3v) is 4.89. The molecule has 0 aromatic carbocycles. The molecule has 3 heteroatoms. The molecule has 18 heavy (non-hydrogen) atoms. The van der Waals surface area contributed by atoms with Crippen LogP contribution < -0.4 is 0 Å². The van der Waals surface area contributed by atoms with Gasteiger partial charge in [-0.05, 0) is 67.4 Å². The summed E-state index contributed by atoms with van der Waals surface area (Å²) in [5.74, 6) is 2.88. The Morgan fingerprint density at radius 1 is 1.33 bits per heavy atom. The molecule has 0 N–H and O–H groups in total. The van der Waals surface area contributed by atoms with E-state index in [0.29, 0.717) is 0 Å². The second kappa shape index (κ2) is 7.25. The van der Waals surface area contributed by atoms with Crippen LogP contribution in [0.1, 0.15) is 46.0 Å². The van der Waals surface area contributed by atoms with Crippen molar-refractivity contribution < 1.29 is 9.47 Å². The quantitative estimate of drug-likeness (QED) is 0.488. The summed E-state index contributed by atoms with van der Waals surface area (Å²) in [4.78, 5) is 0. The summed E-state index contributed by atoms with van der Waals surface area (Å²) < 4.78 is 13.6. The third-order valence-electron chi connectivity index (χ3n) is 4.47. The molecule has 0 heterocycles. The van der Waals surface area contributed by atoms with Crippen LogP contribution in [0.25, 0.3) is 0 Å². The van der Waals surface area contributed by atoms with Crippen molar-refractivity contribution in [1.82, 2.24) is 0 Å². The lowest BCUT2D eigenvalue weighted by Crippen LogP contribution is -2.25. The largest absolute Gasteiger partial charge is 0.353 e. The highest BCUT2D eigenvalue weighted by molar-refractivity contribution is 14.1. The standard InChI is InChI=1S/C15H25IO2/c1-3-17-11(2)18-15(6-7-16)10-14-9-12-4-5-13(14)8-12/h6-7,11-15H,3-5,8-10H2,1-2H3/b7-6+. The smallest absolute Gasteiger partial charge is 0.155 e. The van der Waals surface area contributed by atoms with Crippen molar-refractivity contribution in [1.29, 1.82) is 0 Å². The average molecular weight is 364 g/mol. The molecule has 2 aliphatic carbocycles. The van der Waals surface area contributed by atoms with Gasteiger partial charge >= 0.3 is 0 Å². The molecule has 2 fully saturated rings. The molecule has 2 saturated carbocycles. The van der Waals surface area contributed by atoms with Crippen LogP contribution in [0.4, 0.5) is 0 Å². The third kappa shape index (κ3) is 3.94. The molecule has 0 aromatic rings. The summed E-state index contributed by atoms with van der Waals surface area (Å²) in [6.07, 6.45) is 9.34. The molecule has 104 valence electrons. The monoisotopic (exact) mass is 364 g/mol. The lowest BCUT2D eigenvalue weighted by Gasteiger charge is -2.27. The molecule has 0 spiro atoms. The molecule has 5 atom stereocenters. The highest BCUT2D eigenvalue weighted by Gasteiger charge is 2.40. The fourth-order valence-electron chi connectivity index (χ4n) is 3.74. The summed E-state index contributed by atoms with van der Waals surface area (Å²) >= 11 is 2.28. The highest BCUT2D eigenvalue weighted by atomic mass is 127. The first-order valence-electron chi connectivity index (χ1n) is 7.26. The normalized spacial score (nSPS) is 34.3. The van der Waals surface area contributed by atoms with Gasteiger partial charge in [-0.1, -0.05) is 29.0 Å². The minimum atomic E-state index is -0.0915. The van der Waals surface area contributed by atoms with E-state index in [4.69, 9.17) is 9.47 Å². The Morgan fingerprint density at radius 3 is 2.72 bits per heavy atom. The second-order valence-corrected chi connectivity index (χ2v) is 6.41. The van der Waals surface area contributed by atoms with Crippen LogP contribution in [0, 0.1) is 17.8 Å². The van der Waals surface area contributed by atoms with E-state index >= 15 is 0 Å². The molecule has 0 amide bonds. The van der Waals surface area contributed by atoms with E-state index < -0.39 is 0 Å². The summed E-state index contributed by atoms with van der Waals surface area (Å²) in [5.41, 5.74) is 0. The zero-order valence-corrected chi connectivity index (χ0v) is 13.6. The van der Waals surface area contributed by atoms with Gasteiger partial charge in [0.15, 0.2) is 6.29 Å². The van der Waals surface area contributed by atoms with Crippen LogP contribution in [-0.2, 0) is 9.47 Å². The minimum Gasteiger partial charge on any atom is -0.353 e. The van der Waals surface area contributed by atoms with Crippen LogP contribution in [0.3, 0.4) is 0 Å². The van der Waals surface area contributed by atoms with Crippen molar-refractivity contribution in [3.05, 3.63) is 10.2 Å². The van der Waals surface area contributed by atoms with E-state index in [9.17, 15) is 0 Å². The van der Waals surface area contributed by atoms with Gasteiger partial charge in [0.25, 0.3) is 0 Å². The summed E-state index contributed by atoms with van der Waals surface area (Å²) in [7, 11) is 0. The fourth-order valence-corrected chi connectivity index (χ4v) is 4.21. The van der Waals surface area contributed by atoms with Crippen molar-refractivity contribution in [2.75, 3.05) is 6.61 Å². The number of rotatable bonds is 7. The number of fused-ring (bicyclic) bond motifs is 2. The first-order chi connectivity index (χ1) is 8.72. The molecule has 2 bridgehead atoms. The first-order valence-corrected chi connectivity index (χ1v) is 8.51. The Bertz CT molecular complexity index is 280. The molecule has 0 aliphatic heterocycles. The minimum absolute atomic E-state index is 0.0915. The summed E-state index contributed by atoms with van der Waals surface area (Å²) in [5, 5.41) is 0. The van der Waals surface area contributed by atoms with E-state index in [-0.39, 0.29) is 12.4 Å². The molecule has 2 rings (SSSR count). The van der Waals surface area contributed by atoms with Gasteiger partial charge in [0, 0.05) is 6.61 Å². The fraction of sp³-hybridized carbons (Fsp3) is 0.867. The van der Waals surface area contributed by atoms with Crippen LogP contribution >= 0.6 is 22.6 Å². The first kappa shape index (κ1) is 14.8. The topological polar surface area (TPSA) is 18.5 Å². The molecule has 0 aromatic heterocycles. The lowest BCUT2D eigenvalue weighted by atomic mass is 9.85. The van der Waals surface area contributed by atoms with E-state index in [1.807, 2.05) is 13.8 Å². The predicted molar refractivity (Wildman–Crippen MR) is 82.7 cm³/mol. The molecular weight excluding hydrogens is 339 g/mol. The van der Waals surface area contributed by atoms with Crippen LogP contribution in [0.2, 0.25) is 0 Å². The molecule has 2 nitrogen and oxygen atoms in total. The SMILES string of the molecule is CCOC(C)OC(/C=C/I)CC1CC2CCC1C2. The highest BCUT2D eigenvalue weighted by Crippen LogP contribution is 2.50. The number of ether oxygens (including phenoxy) is 2. The number of halogens is 1. The summed E-state index contributed by atoms with van der Waals surface area (Å²) in [6.45, 7) is 4.73. The van der Waals surface area contributed by atoms with Crippen LogP contribution in [-0.4, -0.2) is 19.0 Å². The van der Waals surface area contributed by atoms with E-state index in [0.717, 1.165) is 24.4 Å². The van der Waals surface area contributed by atoms with E-state index in [2.05, 4.69) is 32.7 Å². The van der Waals surface area contributed by atoms with Gasteiger partial charge in [0.2, 0.25) is 0 Å². The van der Waals surface area contributed by atoms with Crippen molar-refractivity contribution in [3.63, 3.8) is 0 Å². The van der Waals surface area contributed by atoms with Crippen LogP contribution in [0.15, 0.2) is 10.2 Å². The zero-order valence-electron chi connectivity index (χ0n) is 11.5. The maximum Gasteiger partial charge on any atom is 0.155 e. The predicted octanol–water partition coefficient (Wildman–Crippen LogP) is 4.53. The molecule has 2 aliphatic rings. The van der Waals surface area contributed by atoms with Gasteiger partial charge in [-0.15, -0.1) is 0 Å². The summed E-state index contributed by atoms with van der Waals surface area (Å²) in [6, 6.07) is 0. The maximum absolute atomic E-state index is 5.99. The van der Waals surface area contributed by atoms with Gasteiger partial charge < -0.3 is 9.47 Å².